The van der Waals surface area contributed by atoms with Gasteiger partial charge in [-0.1, -0.05) is 164 Å². The van der Waals surface area contributed by atoms with Gasteiger partial charge >= 0.3 is 6.85 Å². The fraction of sp³-hybridized carbons (Fsp3) is 0.324. The molecule has 80 heavy (non-hydrogen) atoms. The number of para-hydroxylation sites is 1. The molecule has 6 heteroatoms. The van der Waals surface area contributed by atoms with Gasteiger partial charge in [0.25, 0.3) is 0 Å². The molecule has 4 aliphatic rings. The van der Waals surface area contributed by atoms with Crippen molar-refractivity contribution in [1.82, 2.24) is 0 Å². The first-order valence-corrected chi connectivity index (χ1v) is 30.2. The molecule has 0 N–H and O–H groups in total. The predicted octanol–water partition coefficient (Wildman–Crippen LogP) is 20.4. The Hall–Kier alpha value is -7.02. The summed E-state index contributed by atoms with van der Waals surface area (Å²) in [6.07, 6.45) is 4.59. The zero-order valence-electron chi connectivity index (χ0n) is 49.3. The maximum absolute atomic E-state index is 7.88. The Morgan fingerprint density at radius 3 is 1.70 bits per heavy atom. The molecule has 11 aromatic rings. The molecule has 0 atom stereocenters. The number of thiophene rings is 1. The van der Waals surface area contributed by atoms with E-state index in [-0.39, 0.29) is 39.3 Å². The van der Waals surface area contributed by atoms with Crippen LogP contribution in [0, 0.1) is 0 Å². The minimum Gasteiger partial charge on any atom is -0.466 e. The molecule has 8 aromatic carbocycles. The lowest BCUT2D eigenvalue weighted by molar-refractivity contribution is 0.332. The Labute approximate surface area is 476 Å². The van der Waals surface area contributed by atoms with Gasteiger partial charge in [-0.25, -0.2) is 0 Å². The Morgan fingerprint density at radius 1 is 0.463 bits per heavy atom. The lowest BCUT2D eigenvalue weighted by Crippen LogP contribution is -2.61. The van der Waals surface area contributed by atoms with Crippen LogP contribution in [0.5, 0.6) is 0 Å². The van der Waals surface area contributed by atoms with Gasteiger partial charge in [0, 0.05) is 70.1 Å². The summed E-state index contributed by atoms with van der Waals surface area (Å²) in [4.78, 5) is 5.27. The van der Waals surface area contributed by atoms with Gasteiger partial charge in [-0.2, -0.15) is 0 Å². The average Bonchev–Trinajstić information content (AvgIpc) is 3.59. The van der Waals surface area contributed by atoms with Gasteiger partial charge in [0.05, 0.1) is 11.4 Å². The third kappa shape index (κ3) is 7.12. The number of hydrogen-bond acceptors (Lipinski definition) is 5. The van der Waals surface area contributed by atoms with Gasteiger partial charge in [-0.05, 0) is 175 Å². The van der Waals surface area contributed by atoms with Crippen LogP contribution < -0.4 is 20.8 Å². The van der Waals surface area contributed by atoms with Gasteiger partial charge < -0.3 is 18.5 Å². The minimum atomic E-state index is -0.364. The molecule has 0 amide bonds. The smallest absolute Gasteiger partial charge is 0.376 e. The molecule has 400 valence electrons. The highest BCUT2D eigenvalue weighted by Crippen LogP contribution is 2.57. The normalized spacial score (nSPS) is 17.8. The van der Waals surface area contributed by atoms with Crippen LogP contribution in [0.15, 0.2) is 148 Å². The van der Waals surface area contributed by atoms with Crippen LogP contribution in [0.1, 0.15) is 156 Å². The van der Waals surface area contributed by atoms with E-state index in [1.54, 1.807) is 0 Å². The van der Waals surface area contributed by atoms with E-state index >= 15 is 0 Å². The van der Waals surface area contributed by atoms with Crippen molar-refractivity contribution >= 4 is 111 Å². The van der Waals surface area contributed by atoms with E-state index in [2.05, 4.69) is 246 Å². The van der Waals surface area contributed by atoms with Crippen LogP contribution >= 0.6 is 11.3 Å². The zero-order valence-corrected chi connectivity index (χ0v) is 50.1. The highest BCUT2D eigenvalue weighted by atomic mass is 32.1. The number of rotatable bonds is 3. The van der Waals surface area contributed by atoms with Crippen molar-refractivity contribution in [2.24, 2.45) is 0 Å². The quantitative estimate of drug-likeness (QED) is 0.165. The molecule has 0 bridgehead atoms. The number of nitrogens with zero attached hydrogens (tertiary/aromatic N) is 2. The monoisotopic (exact) mass is 1060 g/mol. The molecule has 5 heterocycles. The van der Waals surface area contributed by atoms with Crippen molar-refractivity contribution in [3.8, 4) is 22.3 Å². The van der Waals surface area contributed by atoms with E-state index in [1.165, 1.54) is 88.5 Å². The van der Waals surface area contributed by atoms with Crippen LogP contribution in [-0.2, 0) is 32.5 Å². The number of furan rings is 2. The third-order valence-electron chi connectivity index (χ3n) is 19.9. The van der Waals surface area contributed by atoms with Crippen molar-refractivity contribution in [1.29, 1.82) is 0 Å². The molecule has 0 spiro atoms. The van der Waals surface area contributed by atoms with Gasteiger partial charge in [-0.3, -0.25) is 0 Å². The van der Waals surface area contributed by atoms with Gasteiger partial charge in [0.15, 0.2) is 0 Å². The van der Waals surface area contributed by atoms with Crippen LogP contribution in [0.2, 0.25) is 0 Å². The zero-order chi connectivity index (χ0) is 55.5. The fourth-order valence-electron chi connectivity index (χ4n) is 14.8. The minimum absolute atomic E-state index is 0.0119. The number of hydrogen-bond donors (Lipinski definition) is 0. The predicted molar refractivity (Wildman–Crippen MR) is 344 cm³/mol. The largest absolute Gasteiger partial charge is 0.466 e. The Morgan fingerprint density at radius 2 is 1.04 bits per heavy atom. The first-order valence-electron chi connectivity index (χ1n) is 29.4. The highest BCUT2D eigenvalue weighted by molar-refractivity contribution is 7.26. The molecular weight excluding hydrogens is 992 g/mol. The standard InChI is InChI=1S/C74H73BN2O2S/c1-69(2,3)43-24-27-45(28-25-43)77-58-41-63-48(49-36-53-56(40-62(49)80-63)74(13,14)33-31-71(53,7)8)35-51(58)64-65-59(38-50-46-22-18-19-23-60(46)78-67(50)64)76(57-29-26-44(70(4,5)6)34-47(57)42-20-16-15-17-21-42)66-52-37-54-55(39-61(52)79-68(66)75(65)77)73(11,12)32-30-72(54,9)10/h15-29,34-41H,30-33H2,1-14H3. The molecule has 3 aromatic heterocycles. The number of benzene rings is 8. The van der Waals surface area contributed by atoms with Crippen LogP contribution in [0.4, 0.5) is 28.4 Å². The van der Waals surface area contributed by atoms with Gasteiger partial charge in [-0.15, -0.1) is 11.3 Å². The van der Waals surface area contributed by atoms with E-state index in [9.17, 15) is 0 Å². The van der Waals surface area contributed by atoms with Crippen molar-refractivity contribution in [3.63, 3.8) is 0 Å². The maximum Gasteiger partial charge on any atom is 0.376 e. The van der Waals surface area contributed by atoms with Crippen molar-refractivity contribution in [2.75, 3.05) is 9.71 Å². The summed E-state index contributed by atoms with van der Waals surface area (Å²) in [6.45, 7) is 33.1. The second-order valence-electron chi connectivity index (χ2n) is 29.0. The first kappa shape index (κ1) is 50.0. The Balaban J connectivity index is 1.13. The van der Waals surface area contributed by atoms with E-state index in [4.69, 9.17) is 8.83 Å². The molecule has 2 aliphatic heterocycles. The lowest BCUT2D eigenvalue weighted by Gasteiger charge is -2.44. The van der Waals surface area contributed by atoms with Gasteiger partial charge in [0.2, 0.25) is 0 Å². The second-order valence-corrected chi connectivity index (χ2v) is 30.1. The van der Waals surface area contributed by atoms with Crippen molar-refractivity contribution in [3.05, 3.63) is 173 Å². The van der Waals surface area contributed by atoms with Crippen LogP contribution in [0.25, 0.3) is 75.3 Å². The molecule has 0 radical (unpaired) electrons. The molecule has 0 unspecified atom stereocenters. The number of fused-ring (bicyclic) bond motifs is 15. The van der Waals surface area contributed by atoms with Crippen molar-refractivity contribution < 1.29 is 8.83 Å². The second kappa shape index (κ2) is 16.3. The van der Waals surface area contributed by atoms with Crippen molar-refractivity contribution in [2.45, 2.75) is 155 Å². The van der Waals surface area contributed by atoms with Gasteiger partial charge in [0.1, 0.15) is 22.4 Å². The molecule has 15 rings (SSSR count). The summed E-state index contributed by atoms with van der Waals surface area (Å²) in [6, 6.07) is 54.1. The molecular formula is C74H73BN2O2S. The maximum atomic E-state index is 7.88. The Bertz CT molecular complexity index is 4450. The van der Waals surface area contributed by atoms with Crippen LogP contribution in [0.3, 0.4) is 0 Å². The molecule has 0 fully saturated rings. The molecule has 4 nitrogen and oxygen atoms in total. The summed E-state index contributed by atoms with van der Waals surface area (Å²) >= 11 is 1.95. The summed E-state index contributed by atoms with van der Waals surface area (Å²) in [7, 11) is 0. The topological polar surface area (TPSA) is 32.8 Å². The summed E-state index contributed by atoms with van der Waals surface area (Å²) < 4.78 is 17.9. The molecule has 0 saturated carbocycles. The Kier molecular flexibility index (Phi) is 10.2. The van der Waals surface area contributed by atoms with E-state index in [1.807, 2.05) is 11.3 Å². The average molecular weight is 1070 g/mol. The number of anilines is 5. The highest BCUT2D eigenvalue weighted by Gasteiger charge is 2.51. The summed E-state index contributed by atoms with van der Waals surface area (Å²) in [5, 5.41) is 6.02. The van der Waals surface area contributed by atoms with E-state index in [0.717, 1.165) is 85.4 Å². The van der Waals surface area contributed by atoms with Crippen LogP contribution in [-0.4, -0.2) is 6.85 Å². The third-order valence-corrected chi connectivity index (χ3v) is 21.0. The van der Waals surface area contributed by atoms with E-state index < -0.39 is 0 Å². The lowest BCUT2D eigenvalue weighted by atomic mass is 9.45. The first-order chi connectivity index (χ1) is 37.9. The fourth-order valence-corrected chi connectivity index (χ4v) is 15.9. The summed E-state index contributed by atoms with van der Waals surface area (Å²) in [5.74, 6) is 0. The summed E-state index contributed by atoms with van der Waals surface area (Å²) in [5.41, 5.74) is 23.7. The SMILES string of the molecule is CC(C)(C)c1ccc(N2B3c4oc5cc6c(cc5c4N(c4ccc(C(C)(C)C)cc4-c4ccccc4)c4cc5c(oc7ccccc75)c(c43)-c3cc4c(cc32)sc2cc3c(cc24)C(C)(C)CCC3(C)C)C(C)(C)CCC6(C)C)cc1. The molecule has 0 saturated heterocycles. The molecule has 2 aliphatic carbocycles. The van der Waals surface area contributed by atoms with E-state index in [0.29, 0.717) is 0 Å².